The van der Waals surface area contributed by atoms with E-state index in [1.54, 1.807) is 0 Å². The monoisotopic (exact) mass is 688 g/mol. The number of allylic oxidation sites excluding steroid dienone is 2. The molecule has 5 rings (SSSR count). The first-order valence-electron chi connectivity index (χ1n) is 16.3. The Bertz CT molecular complexity index is 1550. The Morgan fingerprint density at radius 1 is 0.660 bits per heavy atom. The fourth-order valence-electron chi connectivity index (χ4n) is 5.40. The molecule has 5 aromatic rings. The first-order valence-corrected chi connectivity index (χ1v) is 17.8. The van der Waals surface area contributed by atoms with Gasteiger partial charge in [-0.1, -0.05) is 131 Å². The molecule has 0 saturated carbocycles. The van der Waals surface area contributed by atoms with Gasteiger partial charge in [-0.05, 0) is 67.3 Å². The number of rotatable bonds is 11. The van der Waals surface area contributed by atoms with E-state index in [0.29, 0.717) is 11.8 Å². The minimum atomic E-state index is -0.877. The van der Waals surface area contributed by atoms with E-state index >= 15 is 0 Å². The van der Waals surface area contributed by atoms with Crippen molar-refractivity contribution in [3.63, 3.8) is 0 Å². The van der Waals surface area contributed by atoms with Crippen molar-refractivity contribution < 1.29 is 17.1 Å². The molecule has 0 aliphatic carbocycles. The average Bonchev–Trinajstić information content (AvgIpc) is 3.07. The van der Waals surface area contributed by atoms with Crippen molar-refractivity contribution in [1.29, 1.82) is 0 Å². The van der Waals surface area contributed by atoms with Crippen molar-refractivity contribution in [2.24, 2.45) is 4.99 Å². The average molecular weight is 689 g/mol. The van der Waals surface area contributed by atoms with Crippen molar-refractivity contribution in [3.05, 3.63) is 168 Å². The Balaban J connectivity index is 0.000000263. The van der Waals surface area contributed by atoms with Crippen LogP contribution in [0.4, 0.5) is 5.69 Å². The Kier molecular flexibility index (Phi) is 15.8. The number of pyridine rings is 1. The van der Waals surface area contributed by atoms with Crippen LogP contribution in [0.25, 0.3) is 5.32 Å². The summed E-state index contributed by atoms with van der Waals surface area (Å²) in [7, 11) is -0.877. The third kappa shape index (κ3) is 11.7. The zero-order valence-corrected chi connectivity index (χ0v) is 30.4. The molecular formula is C42H48CuN3P+. The van der Waals surface area contributed by atoms with Gasteiger partial charge in [0.15, 0.2) is 0 Å². The van der Waals surface area contributed by atoms with Gasteiger partial charge in [0.05, 0.1) is 7.92 Å². The van der Waals surface area contributed by atoms with Crippen LogP contribution < -0.4 is 15.9 Å². The van der Waals surface area contributed by atoms with E-state index in [1.165, 1.54) is 27.0 Å². The molecule has 1 aromatic heterocycles. The summed E-state index contributed by atoms with van der Waals surface area (Å²) in [4.78, 5) is 9.00. The smallest absolute Gasteiger partial charge is 0.661 e. The van der Waals surface area contributed by atoms with Crippen LogP contribution >= 0.6 is 7.92 Å². The molecule has 0 fully saturated rings. The van der Waals surface area contributed by atoms with Crippen molar-refractivity contribution in [1.82, 2.24) is 4.98 Å². The minimum absolute atomic E-state index is 0. The zero-order valence-electron chi connectivity index (χ0n) is 28.5. The van der Waals surface area contributed by atoms with Crippen LogP contribution in [-0.2, 0) is 23.5 Å². The first kappa shape index (κ1) is 37.6. The molecule has 0 bridgehead atoms. The molecule has 0 unspecified atom stereocenters. The first-order chi connectivity index (χ1) is 22.3. The van der Waals surface area contributed by atoms with Gasteiger partial charge >= 0.3 is 17.1 Å². The van der Waals surface area contributed by atoms with E-state index < -0.39 is 7.92 Å². The van der Waals surface area contributed by atoms with E-state index in [4.69, 9.17) is 5.32 Å². The molecule has 4 aromatic carbocycles. The molecule has 3 nitrogen and oxygen atoms in total. The molecular weight excluding hydrogens is 641 g/mol. The van der Waals surface area contributed by atoms with Crippen molar-refractivity contribution in [2.45, 2.75) is 59.8 Å². The number of benzene rings is 4. The number of aromatic nitrogens is 1. The van der Waals surface area contributed by atoms with Gasteiger partial charge in [0.1, 0.15) is 15.9 Å². The summed E-state index contributed by atoms with van der Waals surface area (Å²) in [5.74, 6) is 0.895. The number of nitrogens with zero attached hydrogens (tertiary/aromatic N) is 3. The van der Waals surface area contributed by atoms with Crippen LogP contribution in [0.2, 0.25) is 0 Å². The second-order valence-electron chi connectivity index (χ2n) is 12.1. The van der Waals surface area contributed by atoms with Gasteiger partial charge in [0.2, 0.25) is 0 Å². The summed E-state index contributed by atoms with van der Waals surface area (Å²) in [5, 5.41) is 9.28. The van der Waals surface area contributed by atoms with Crippen LogP contribution in [0.5, 0.6) is 0 Å². The number of hydrogen-bond acceptors (Lipinski definition) is 2. The fourth-order valence-corrected chi connectivity index (χ4v) is 7.98. The quantitative estimate of drug-likeness (QED) is 0.0773. The standard InChI is InChI=1S/C24H32N3.C18H15P.Cu/c1-17(2)22-11-9-12-23(18(3)4)24(22)27-20(6)16-19(5)25-15-13-21-10-7-8-14-26-21;1-4-10-16(11-5-1)19(17-12-6-2-7-13-17)18-14-8-3-9-15-18;/h7-12,14,16-18H,13,15H2,1-6H3;1-15H;/q-1;;+1/p+1/b20-16-,25-19?;;. The topological polar surface area (TPSA) is 39.4 Å². The summed E-state index contributed by atoms with van der Waals surface area (Å²) < 4.78 is 0. The normalized spacial score (nSPS) is 11.6. The Hall–Kier alpha value is -3.81. The maximum Gasteiger partial charge on any atom is 1.00 e. The largest absolute Gasteiger partial charge is 1.00 e. The van der Waals surface area contributed by atoms with E-state index in [0.717, 1.165) is 35.8 Å². The Labute approximate surface area is 294 Å². The zero-order chi connectivity index (χ0) is 32.7. The SMILES string of the molecule is CC(/C=C(/C)[N-]c1c(C(C)C)cccc1C(C)C)=NCCc1ccccn1.[Cu+].c1ccc([PH+](c2ccccc2)c2ccccc2)cc1. The molecule has 5 heteroatoms. The van der Waals surface area contributed by atoms with Crippen LogP contribution in [0.1, 0.15) is 70.2 Å². The molecule has 1 heterocycles. The molecule has 0 spiro atoms. The minimum Gasteiger partial charge on any atom is -0.661 e. The molecule has 0 N–H and O–H groups in total. The van der Waals surface area contributed by atoms with E-state index in [2.05, 4.69) is 160 Å². The Morgan fingerprint density at radius 2 is 1.13 bits per heavy atom. The number of para-hydroxylation sites is 1. The van der Waals surface area contributed by atoms with Gasteiger partial charge in [0, 0.05) is 30.6 Å². The fraction of sp³-hybridized carbons (Fsp3) is 0.238. The summed E-state index contributed by atoms with van der Waals surface area (Å²) in [6, 6.07) is 45.0. The van der Waals surface area contributed by atoms with Gasteiger partial charge in [-0.3, -0.25) is 9.98 Å². The molecule has 47 heavy (non-hydrogen) atoms. The van der Waals surface area contributed by atoms with Crippen LogP contribution in [-0.4, -0.2) is 17.2 Å². The van der Waals surface area contributed by atoms with Crippen LogP contribution in [0, 0.1) is 0 Å². The van der Waals surface area contributed by atoms with Crippen molar-refractivity contribution >= 4 is 35.2 Å². The maximum absolute atomic E-state index is 4.98. The predicted molar refractivity (Wildman–Crippen MR) is 204 cm³/mol. The molecule has 0 saturated heterocycles. The molecule has 0 aliphatic heterocycles. The van der Waals surface area contributed by atoms with Crippen molar-refractivity contribution in [3.8, 4) is 0 Å². The Morgan fingerprint density at radius 3 is 1.55 bits per heavy atom. The molecule has 246 valence electrons. The number of hydrogen-bond donors (Lipinski definition) is 0. The third-order valence-corrected chi connectivity index (χ3v) is 10.4. The third-order valence-electron chi connectivity index (χ3n) is 7.69. The molecule has 0 atom stereocenters. The number of aliphatic imine (C=N–C) groups is 1. The van der Waals surface area contributed by atoms with Crippen LogP contribution in [0.15, 0.2) is 150 Å². The van der Waals surface area contributed by atoms with E-state index in [-0.39, 0.29) is 17.1 Å². The second-order valence-corrected chi connectivity index (χ2v) is 14.5. The molecule has 0 radical (unpaired) electrons. The summed E-state index contributed by atoms with van der Waals surface area (Å²) in [6.07, 6.45) is 4.75. The summed E-state index contributed by atoms with van der Waals surface area (Å²) in [6.45, 7) is 13.7. The van der Waals surface area contributed by atoms with E-state index in [9.17, 15) is 0 Å². The van der Waals surface area contributed by atoms with E-state index in [1.807, 2.05) is 31.3 Å². The van der Waals surface area contributed by atoms with Gasteiger partial charge < -0.3 is 5.32 Å². The van der Waals surface area contributed by atoms with Gasteiger partial charge in [-0.15, -0.1) is 5.69 Å². The molecule has 0 amide bonds. The van der Waals surface area contributed by atoms with Crippen molar-refractivity contribution in [2.75, 3.05) is 6.54 Å². The van der Waals surface area contributed by atoms with Gasteiger partial charge in [-0.2, -0.15) is 5.70 Å². The second kappa shape index (κ2) is 19.8. The van der Waals surface area contributed by atoms with Gasteiger partial charge in [0.25, 0.3) is 0 Å². The maximum atomic E-state index is 4.98. The summed E-state index contributed by atoms with van der Waals surface area (Å²) >= 11 is 0. The van der Waals surface area contributed by atoms with Gasteiger partial charge in [-0.25, -0.2) is 0 Å². The molecule has 0 aliphatic rings. The summed E-state index contributed by atoms with van der Waals surface area (Å²) in [5.41, 5.74) is 6.80. The predicted octanol–water partition coefficient (Wildman–Crippen LogP) is 10.1. The van der Waals surface area contributed by atoms with Crippen LogP contribution in [0.3, 0.4) is 0 Å².